The van der Waals surface area contributed by atoms with Gasteiger partial charge in [0.2, 0.25) is 0 Å². The number of aromatic nitrogens is 1. The van der Waals surface area contributed by atoms with Gasteiger partial charge in [0.1, 0.15) is 13.2 Å². The van der Waals surface area contributed by atoms with Gasteiger partial charge in [0, 0.05) is 23.4 Å². The molecule has 2 aliphatic rings. The normalized spacial score (nSPS) is 21.2. The summed E-state index contributed by atoms with van der Waals surface area (Å²) in [6, 6.07) is 6.07. The molecule has 2 aromatic rings. The summed E-state index contributed by atoms with van der Waals surface area (Å²) < 4.78 is 11.2. The minimum Gasteiger partial charge on any atom is -0.486 e. The van der Waals surface area contributed by atoms with E-state index in [0.717, 1.165) is 35.8 Å². The molecule has 1 saturated heterocycles. The minimum absolute atomic E-state index is 0.565. The highest BCUT2D eigenvalue weighted by atomic mass is 32.1. The minimum atomic E-state index is 0.565. The van der Waals surface area contributed by atoms with Gasteiger partial charge in [-0.3, -0.25) is 0 Å². The Kier molecular flexibility index (Phi) is 3.53. The average molecular weight is 302 g/mol. The fraction of sp³-hybridized carbons (Fsp3) is 0.438. The first kappa shape index (κ1) is 13.1. The van der Waals surface area contributed by atoms with Crippen LogP contribution in [0.2, 0.25) is 0 Å². The molecule has 1 fully saturated rings. The molecule has 1 unspecified atom stereocenters. The summed E-state index contributed by atoms with van der Waals surface area (Å²) in [4.78, 5) is 4.84. The molecule has 2 aliphatic heterocycles. The third kappa shape index (κ3) is 2.63. The second-order valence-electron chi connectivity index (χ2n) is 5.47. The Bertz CT molecular complexity index is 635. The van der Waals surface area contributed by atoms with Crippen molar-refractivity contribution in [2.75, 3.05) is 26.3 Å². The van der Waals surface area contributed by atoms with Gasteiger partial charge in [-0.25, -0.2) is 4.98 Å². The van der Waals surface area contributed by atoms with E-state index in [4.69, 9.17) is 14.5 Å². The van der Waals surface area contributed by atoms with E-state index in [9.17, 15) is 0 Å². The molecule has 4 rings (SSSR count). The lowest BCUT2D eigenvalue weighted by molar-refractivity contribution is 0.171. The van der Waals surface area contributed by atoms with Crippen LogP contribution in [0.1, 0.15) is 23.8 Å². The topological polar surface area (TPSA) is 43.4 Å². The molecule has 0 saturated carbocycles. The second-order valence-corrected chi connectivity index (χ2v) is 6.36. The molecule has 1 aromatic carbocycles. The van der Waals surface area contributed by atoms with Crippen LogP contribution in [0.15, 0.2) is 23.6 Å². The Balaban J connectivity index is 1.60. The highest BCUT2D eigenvalue weighted by Gasteiger charge is 2.19. The van der Waals surface area contributed by atoms with Gasteiger partial charge < -0.3 is 14.8 Å². The van der Waals surface area contributed by atoms with Gasteiger partial charge in [0.05, 0.1) is 10.7 Å². The zero-order valence-corrected chi connectivity index (χ0v) is 12.6. The Labute approximate surface area is 128 Å². The van der Waals surface area contributed by atoms with E-state index < -0.39 is 0 Å². The number of ether oxygens (including phenoxy) is 2. The molecule has 0 bridgehead atoms. The molecule has 1 aromatic heterocycles. The standard InChI is InChI=1S/C16H18N2O2S/c1-2-12(9-17-5-1)16-18-13(10-21-16)11-3-4-14-15(8-11)20-7-6-19-14/h3-4,8,10,12,17H,1-2,5-7,9H2. The molecule has 110 valence electrons. The number of nitrogens with one attached hydrogen (secondary N) is 1. The van der Waals surface area contributed by atoms with Crippen molar-refractivity contribution in [2.45, 2.75) is 18.8 Å². The number of hydrogen-bond donors (Lipinski definition) is 1. The van der Waals surface area contributed by atoms with Crippen molar-refractivity contribution in [2.24, 2.45) is 0 Å². The van der Waals surface area contributed by atoms with Gasteiger partial charge in [0.15, 0.2) is 11.5 Å². The van der Waals surface area contributed by atoms with Crippen LogP contribution in [-0.2, 0) is 0 Å². The van der Waals surface area contributed by atoms with Crippen molar-refractivity contribution < 1.29 is 9.47 Å². The van der Waals surface area contributed by atoms with Crippen molar-refractivity contribution in [3.8, 4) is 22.8 Å². The highest BCUT2D eigenvalue weighted by molar-refractivity contribution is 7.10. The zero-order chi connectivity index (χ0) is 14.1. The van der Waals surface area contributed by atoms with Crippen molar-refractivity contribution in [1.29, 1.82) is 0 Å². The van der Waals surface area contributed by atoms with Crippen LogP contribution in [0.5, 0.6) is 11.5 Å². The average Bonchev–Trinajstić information content (AvgIpc) is 3.05. The van der Waals surface area contributed by atoms with E-state index in [-0.39, 0.29) is 0 Å². The molecule has 1 N–H and O–H groups in total. The molecule has 5 heteroatoms. The fourth-order valence-electron chi connectivity index (χ4n) is 2.87. The van der Waals surface area contributed by atoms with Gasteiger partial charge in [-0.1, -0.05) is 0 Å². The Morgan fingerprint density at radius 2 is 2.10 bits per heavy atom. The lowest BCUT2D eigenvalue weighted by Crippen LogP contribution is -2.28. The summed E-state index contributed by atoms with van der Waals surface area (Å²) in [7, 11) is 0. The number of thiazole rings is 1. The van der Waals surface area contributed by atoms with Crippen LogP contribution in [-0.4, -0.2) is 31.3 Å². The summed E-state index contributed by atoms with van der Waals surface area (Å²) in [6.07, 6.45) is 2.48. The molecule has 21 heavy (non-hydrogen) atoms. The molecule has 0 radical (unpaired) electrons. The van der Waals surface area contributed by atoms with Crippen LogP contribution >= 0.6 is 11.3 Å². The summed E-state index contributed by atoms with van der Waals surface area (Å²) >= 11 is 1.77. The van der Waals surface area contributed by atoms with Crippen LogP contribution < -0.4 is 14.8 Å². The summed E-state index contributed by atoms with van der Waals surface area (Å²) in [5.41, 5.74) is 2.14. The highest BCUT2D eigenvalue weighted by Crippen LogP contribution is 2.36. The van der Waals surface area contributed by atoms with E-state index in [1.807, 2.05) is 12.1 Å². The maximum absolute atomic E-state index is 5.65. The number of nitrogens with zero attached hydrogens (tertiary/aromatic N) is 1. The second kappa shape index (κ2) is 5.66. The largest absolute Gasteiger partial charge is 0.486 e. The number of rotatable bonds is 2. The number of benzene rings is 1. The summed E-state index contributed by atoms with van der Waals surface area (Å²) in [6.45, 7) is 3.43. The summed E-state index contributed by atoms with van der Waals surface area (Å²) in [5.74, 6) is 2.22. The van der Waals surface area contributed by atoms with Crippen LogP contribution in [0, 0.1) is 0 Å². The predicted octanol–water partition coefficient (Wildman–Crippen LogP) is 3.05. The molecular formula is C16H18N2O2S. The third-order valence-electron chi connectivity index (χ3n) is 4.01. The van der Waals surface area contributed by atoms with Gasteiger partial charge in [0.25, 0.3) is 0 Å². The van der Waals surface area contributed by atoms with E-state index in [2.05, 4.69) is 16.8 Å². The SMILES string of the molecule is c1cc2c(cc1-c1csc(C3CCCNC3)n1)OCCO2. The molecule has 0 aliphatic carbocycles. The Morgan fingerprint density at radius 3 is 2.95 bits per heavy atom. The lowest BCUT2D eigenvalue weighted by Gasteiger charge is -2.20. The molecule has 0 spiro atoms. The zero-order valence-electron chi connectivity index (χ0n) is 11.8. The monoisotopic (exact) mass is 302 g/mol. The summed E-state index contributed by atoms with van der Waals surface area (Å²) in [5, 5.41) is 6.84. The van der Waals surface area contributed by atoms with E-state index in [1.54, 1.807) is 11.3 Å². The Hall–Kier alpha value is -1.59. The molecule has 3 heterocycles. The van der Waals surface area contributed by atoms with Gasteiger partial charge in [-0.15, -0.1) is 11.3 Å². The quantitative estimate of drug-likeness (QED) is 0.926. The van der Waals surface area contributed by atoms with Crippen LogP contribution in [0.3, 0.4) is 0 Å². The molecule has 1 atom stereocenters. The first-order valence-corrected chi connectivity index (χ1v) is 8.34. The maximum Gasteiger partial charge on any atom is 0.162 e. The van der Waals surface area contributed by atoms with E-state index in [0.29, 0.717) is 19.1 Å². The molecular weight excluding hydrogens is 284 g/mol. The molecule has 4 nitrogen and oxygen atoms in total. The van der Waals surface area contributed by atoms with Crippen LogP contribution in [0.4, 0.5) is 0 Å². The lowest BCUT2D eigenvalue weighted by atomic mass is 10.0. The van der Waals surface area contributed by atoms with Crippen LogP contribution in [0.25, 0.3) is 11.3 Å². The Morgan fingerprint density at radius 1 is 1.19 bits per heavy atom. The van der Waals surface area contributed by atoms with Gasteiger partial charge in [-0.2, -0.15) is 0 Å². The number of fused-ring (bicyclic) bond motifs is 1. The first-order chi connectivity index (χ1) is 10.4. The number of piperidine rings is 1. The number of hydrogen-bond acceptors (Lipinski definition) is 5. The van der Waals surface area contributed by atoms with Gasteiger partial charge >= 0.3 is 0 Å². The van der Waals surface area contributed by atoms with Gasteiger partial charge in [-0.05, 0) is 37.6 Å². The smallest absolute Gasteiger partial charge is 0.162 e. The third-order valence-corrected chi connectivity index (χ3v) is 5.01. The predicted molar refractivity (Wildman–Crippen MR) is 83.4 cm³/mol. The van der Waals surface area contributed by atoms with E-state index in [1.165, 1.54) is 17.8 Å². The molecule has 0 amide bonds. The maximum atomic E-state index is 5.65. The first-order valence-electron chi connectivity index (χ1n) is 7.46. The van der Waals surface area contributed by atoms with E-state index >= 15 is 0 Å². The van der Waals surface area contributed by atoms with Crippen molar-refractivity contribution in [1.82, 2.24) is 10.3 Å². The fourth-order valence-corrected chi connectivity index (χ4v) is 3.84. The van der Waals surface area contributed by atoms with Crippen molar-refractivity contribution >= 4 is 11.3 Å². The van der Waals surface area contributed by atoms with Crippen molar-refractivity contribution in [3.63, 3.8) is 0 Å². The van der Waals surface area contributed by atoms with Crippen molar-refractivity contribution in [3.05, 3.63) is 28.6 Å².